The maximum absolute atomic E-state index is 13.1. The van der Waals surface area contributed by atoms with Crippen molar-refractivity contribution < 1.29 is 9.21 Å². The van der Waals surface area contributed by atoms with Crippen LogP contribution in [0.2, 0.25) is 0 Å². The van der Waals surface area contributed by atoms with Crippen molar-refractivity contribution in [3.8, 4) is 0 Å². The Morgan fingerprint density at radius 3 is 2.45 bits per heavy atom. The zero-order valence-electron chi connectivity index (χ0n) is 15.8. The lowest BCUT2D eigenvalue weighted by atomic mass is 10.2. The number of nitrogens with one attached hydrogen (secondary N) is 1. The fourth-order valence-electron chi connectivity index (χ4n) is 3.20. The second kappa shape index (κ2) is 7.63. The molecule has 4 rings (SSSR count). The van der Waals surface area contributed by atoms with E-state index in [0.29, 0.717) is 22.4 Å². The van der Waals surface area contributed by atoms with E-state index in [0.717, 1.165) is 10.1 Å². The molecule has 0 unspecified atom stereocenters. The van der Waals surface area contributed by atoms with Gasteiger partial charge in [-0.1, -0.05) is 29.8 Å². The van der Waals surface area contributed by atoms with Crippen molar-refractivity contribution in [1.29, 1.82) is 0 Å². The van der Waals surface area contributed by atoms with Crippen molar-refractivity contribution in [1.82, 2.24) is 9.13 Å². The highest BCUT2D eigenvalue weighted by Crippen LogP contribution is 2.11. The zero-order chi connectivity index (χ0) is 20.4. The van der Waals surface area contributed by atoms with E-state index in [-0.39, 0.29) is 19.0 Å². The summed E-state index contributed by atoms with van der Waals surface area (Å²) in [7, 11) is 0. The number of hydrogen-bond donors (Lipinski definition) is 1. The van der Waals surface area contributed by atoms with Gasteiger partial charge in [0.05, 0.1) is 23.7 Å². The number of hydrogen-bond acceptors (Lipinski definition) is 4. The summed E-state index contributed by atoms with van der Waals surface area (Å²) in [5, 5.41) is 3.15. The Kier molecular flexibility index (Phi) is 4.87. The van der Waals surface area contributed by atoms with Gasteiger partial charge < -0.3 is 9.73 Å². The lowest BCUT2D eigenvalue weighted by Crippen LogP contribution is -2.42. The maximum Gasteiger partial charge on any atom is 0.332 e. The van der Waals surface area contributed by atoms with E-state index in [1.54, 1.807) is 48.5 Å². The third-order valence-electron chi connectivity index (χ3n) is 4.66. The number of fused-ring (bicyclic) bond motifs is 1. The van der Waals surface area contributed by atoms with E-state index in [4.69, 9.17) is 4.42 Å². The molecule has 0 aliphatic rings. The number of amides is 1. The van der Waals surface area contributed by atoms with Gasteiger partial charge in [0.25, 0.3) is 5.56 Å². The Balaban J connectivity index is 1.74. The van der Waals surface area contributed by atoms with Gasteiger partial charge in [-0.15, -0.1) is 0 Å². The van der Waals surface area contributed by atoms with Gasteiger partial charge in [0.1, 0.15) is 12.3 Å². The lowest BCUT2D eigenvalue weighted by molar-refractivity contribution is -0.116. The fraction of sp³-hybridized carbons (Fsp3) is 0.136. The molecule has 2 heterocycles. The fourth-order valence-corrected chi connectivity index (χ4v) is 3.20. The van der Waals surface area contributed by atoms with E-state index >= 15 is 0 Å². The molecule has 0 saturated heterocycles. The van der Waals surface area contributed by atoms with Gasteiger partial charge in [-0.05, 0) is 43.3 Å². The minimum absolute atomic E-state index is 0.00488. The number of para-hydroxylation sites is 1. The molecular weight excluding hydrogens is 370 g/mol. The van der Waals surface area contributed by atoms with E-state index in [1.165, 1.54) is 10.8 Å². The molecule has 0 aliphatic carbocycles. The Hall–Kier alpha value is -3.87. The van der Waals surface area contributed by atoms with Gasteiger partial charge in [0.2, 0.25) is 5.91 Å². The van der Waals surface area contributed by atoms with Gasteiger partial charge in [-0.2, -0.15) is 0 Å². The summed E-state index contributed by atoms with van der Waals surface area (Å²) in [5.74, 6) is 0.124. The minimum Gasteiger partial charge on any atom is -0.467 e. The first-order valence-corrected chi connectivity index (χ1v) is 9.14. The summed E-state index contributed by atoms with van der Waals surface area (Å²) >= 11 is 0. The highest BCUT2D eigenvalue weighted by molar-refractivity contribution is 5.91. The van der Waals surface area contributed by atoms with Crippen molar-refractivity contribution >= 4 is 22.5 Å². The summed E-state index contributed by atoms with van der Waals surface area (Å²) in [5.41, 5.74) is 1.15. The summed E-state index contributed by atoms with van der Waals surface area (Å²) in [6, 6.07) is 17.5. The van der Waals surface area contributed by atoms with E-state index in [9.17, 15) is 14.4 Å². The van der Waals surface area contributed by atoms with Crippen LogP contribution in [-0.4, -0.2) is 15.0 Å². The number of carbonyl (C=O) groups is 1. The molecule has 0 saturated carbocycles. The minimum atomic E-state index is -0.566. The number of aryl methyl sites for hydroxylation is 1. The van der Waals surface area contributed by atoms with Crippen LogP contribution in [0.25, 0.3) is 10.9 Å². The molecule has 1 N–H and O–H groups in total. The molecule has 0 bridgehead atoms. The van der Waals surface area contributed by atoms with Gasteiger partial charge in [-0.3, -0.25) is 18.7 Å². The number of nitrogens with zero attached hydrogens (tertiary/aromatic N) is 2. The second-order valence-electron chi connectivity index (χ2n) is 6.77. The van der Waals surface area contributed by atoms with Crippen LogP contribution >= 0.6 is 0 Å². The molecule has 4 aromatic rings. The van der Waals surface area contributed by atoms with Crippen LogP contribution < -0.4 is 16.6 Å². The number of benzene rings is 2. The largest absolute Gasteiger partial charge is 0.467 e. The first kappa shape index (κ1) is 18.5. The van der Waals surface area contributed by atoms with Crippen molar-refractivity contribution in [2.45, 2.75) is 20.0 Å². The highest BCUT2D eigenvalue weighted by atomic mass is 16.3. The Labute approximate surface area is 165 Å². The number of rotatable bonds is 5. The van der Waals surface area contributed by atoms with Crippen LogP contribution in [0.5, 0.6) is 0 Å². The third-order valence-corrected chi connectivity index (χ3v) is 4.66. The number of furan rings is 1. The normalized spacial score (nSPS) is 10.9. The first-order valence-electron chi connectivity index (χ1n) is 9.14. The van der Waals surface area contributed by atoms with Crippen LogP contribution in [0.4, 0.5) is 5.69 Å². The van der Waals surface area contributed by atoms with E-state index in [1.807, 2.05) is 19.1 Å². The quantitative estimate of drug-likeness (QED) is 0.569. The van der Waals surface area contributed by atoms with E-state index in [2.05, 4.69) is 5.32 Å². The number of anilines is 1. The summed E-state index contributed by atoms with van der Waals surface area (Å²) in [4.78, 5) is 38.5. The molecule has 0 atom stereocenters. The number of aromatic nitrogens is 2. The molecule has 29 heavy (non-hydrogen) atoms. The van der Waals surface area contributed by atoms with Crippen molar-refractivity contribution in [2.75, 3.05) is 5.32 Å². The highest BCUT2D eigenvalue weighted by Gasteiger charge is 2.16. The van der Waals surface area contributed by atoms with Crippen LogP contribution in [-0.2, 0) is 17.9 Å². The average Bonchev–Trinajstić information content (AvgIpc) is 3.23. The number of carbonyl (C=O) groups excluding carboxylic acids is 1. The Morgan fingerprint density at radius 1 is 0.966 bits per heavy atom. The monoisotopic (exact) mass is 389 g/mol. The zero-order valence-corrected chi connectivity index (χ0v) is 15.8. The molecule has 0 radical (unpaired) electrons. The van der Waals surface area contributed by atoms with Gasteiger partial charge in [0, 0.05) is 5.69 Å². The molecule has 0 spiro atoms. The maximum atomic E-state index is 13.1. The third kappa shape index (κ3) is 3.75. The van der Waals surface area contributed by atoms with Crippen LogP contribution in [0.3, 0.4) is 0 Å². The van der Waals surface area contributed by atoms with Crippen molar-refractivity contribution in [2.24, 2.45) is 0 Å². The predicted molar refractivity (Wildman–Crippen MR) is 110 cm³/mol. The van der Waals surface area contributed by atoms with Gasteiger partial charge in [-0.25, -0.2) is 4.79 Å². The van der Waals surface area contributed by atoms with Gasteiger partial charge in [0.15, 0.2) is 0 Å². The van der Waals surface area contributed by atoms with Crippen molar-refractivity contribution in [3.63, 3.8) is 0 Å². The van der Waals surface area contributed by atoms with E-state index < -0.39 is 11.2 Å². The first-order chi connectivity index (χ1) is 14.0. The lowest BCUT2D eigenvalue weighted by Gasteiger charge is -2.13. The molecule has 7 heteroatoms. The van der Waals surface area contributed by atoms with Crippen LogP contribution in [0.1, 0.15) is 11.3 Å². The molecule has 146 valence electrons. The summed E-state index contributed by atoms with van der Waals surface area (Å²) < 4.78 is 7.67. The molecule has 0 fully saturated rings. The molecule has 2 aromatic heterocycles. The predicted octanol–water partition coefficient (Wildman–Crippen LogP) is 2.75. The van der Waals surface area contributed by atoms with Crippen molar-refractivity contribution in [3.05, 3.63) is 99.1 Å². The summed E-state index contributed by atoms with van der Waals surface area (Å²) in [6.45, 7) is 1.74. The van der Waals surface area contributed by atoms with Crippen LogP contribution in [0.15, 0.2) is 80.9 Å². The smallest absolute Gasteiger partial charge is 0.332 e. The Bertz CT molecular complexity index is 1280. The second-order valence-corrected chi connectivity index (χ2v) is 6.77. The standard InChI is InChI=1S/C22H19N3O4/c1-15-8-10-16(11-9-15)23-20(26)14-24-19-7-3-2-6-18(19)21(27)25(22(24)28)13-17-5-4-12-29-17/h2-12H,13-14H2,1H3,(H,23,26). The molecule has 7 nitrogen and oxygen atoms in total. The SMILES string of the molecule is Cc1ccc(NC(=O)Cn2c(=O)n(Cc3ccco3)c(=O)c3ccccc32)cc1. The summed E-state index contributed by atoms with van der Waals surface area (Å²) in [6.07, 6.45) is 1.48. The molecule has 0 aliphatic heterocycles. The van der Waals surface area contributed by atoms with Gasteiger partial charge >= 0.3 is 5.69 Å². The molecule has 2 aromatic carbocycles. The average molecular weight is 389 g/mol. The van der Waals surface area contributed by atoms with Crippen LogP contribution in [0, 0.1) is 6.92 Å². The molecule has 1 amide bonds. The topological polar surface area (TPSA) is 86.2 Å². The Morgan fingerprint density at radius 2 is 1.72 bits per heavy atom. The molecular formula is C22H19N3O4.